The number of benzene rings is 2. The summed E-state index contributed by atoms with van der Waals surface area (Å²) >= 11 is 0. The van der Waals surface area contributed by atoms with E-state index in [2.05, 4.69) is 5.32 Å². The molecule has 0 heterocycles. The molecule has 20 heavy (non-hydrogen) atoms. The number of phenols is 2. The summed E-state index contributed by atoms with van der Waals surface area (Å²) < 4.78 is 0. The molecule has 0 bridgehead atoms. The standard InChI is InChI=1S/C15H16N2O3/c1-17(2)11-5-3-10(4-6-11)16-15(20)13-8-7-12(18)9-14(13)19/h3-9,18-19H,1-2H3,(H,16,20). The van der Waals surface area contributed by atoms with E-state index in [-0.39, 0.29) is 17.1 Å². The third kappa shape index (κ3) is 3.00. The molecule has 5 heteroatoms. The fourth-order valence-electron chi connectivity index (χ4n) is 1.75. The molecule has 0 spiro atoms. The fraction of sp³-hybridized carbons (Fsp3) is 0.133. The maximum absolute atomic E-state index is 12.0. The molecule has 0 saturated heterocycles. The molecule has 1 amide bonds. The number of phenolic OH excluding ortho intramolecular Hbond substituents is 2. The largest absolute Gasteiger partial charge is 0.508 e. The summed E-state index contributed by atoms with van der Waals surface area (Å²) in [7, 11) is 3.87. The van der Waals surface area contributed by atoms with Gasteiger partial charge < -0.3 is 20.4 Å². The number of carbonyl (C=O) groups excluding carboxylic acids is 1. The van der Waals surface area contributed by atoms with Crippen LogP contribution in [0.2, 0.25) is 0 Å². The number of rotatable bonds is 3. The molecule has 0 radical (unpaired) electrons. The van der Waals surface area contributed by atoms with Crippen LogP contribution in [0.15, 0.2) is 42.5 Å². The van der Waals surface area contributed by atoms with Crippen molar-refractivity contribution in [1.29, 1.82) is 0 Å². The average molecular weight is 272 g/mol. The minimum Gasteiger partial charge on any atom is -0.508 e. The van der Waals surface area contributed by atoms with Crippen molar-refractivity contribution in [2.24, 2.45) is 0 Å². The van der Waals surface area contributed by atoms with Crippen LogP contribution >= 0.6 is 0 Å². The van der Waals surface area contributed by atoms with Crippen LogP contribution in [0.25, 0.3) is 0 Å². The molecule has 0 aromatic heterocycles. The van der Waals surface area contributed by atoms with Crippen molar-refractivity contribution in [3.05, 3.63) is 48.0 Å². The van der Waals surface area contributed by atoms with Gasteiger partial charge in [-0.25, -0.2) is 0 Å². The van der Waals surface area contributed by atoms with Crippen LogP contribution in [0.5, 0.6) is 11.5 Å². The lowest BCUT2D eigenvalue weighted by Gasteiger charge is -2.13. The molecule has 0 atom stereocenters. The van der Waals surface area contributed by atoms with Gasteiger partial charge in [0.05, 0.1) is 5.56 Å². The molecular formula is C15H16N2O3. The van der Waals surface area contributed by atoms with Gasteiger partial charge in [-0.15, -0.1) is 0 Å². The molecule has 104 valence electrons. The van der Waals surface area contributed by atoms with Gasteiger partial charge in [0.1, 0.15) is 11.5 Å². The minimum absolute atomic E-state index is 0.0885. The van der Waals surface area contributed by atoms with E-state index in [4.69, 9.17) is 0 Å². The first-order valence-electron chi connectivity index (χ1n) is 6.08. The zero-order chi connectivity index (χ0) is 14.7. The Labute approximate surface area is 117 Å². The lowest BCUT2D eigenvalue weighted by atomic mass is 10.1. The number of anilines is 2. The van der Waals surface area contributed by atoms with Gasteiger partial charge in [-0.05, 0) is 36.4 Å². The molecule has 2 aromatic carbocycles. The Balaban J connectivity index is 2.15. The van der Waals surface area contributed by atoms with E-state index in [9.17, 15) is 15.0 Å². The van der Waals surface area contributed by atoms with E-state index >= 15 is 0 Å². The maximum atomic E-state index is 12.0. The molecule has 0 aliphatic rings. The first kappa shape index (κ1) is 13.7. The minimum atomic E-state index is -0.430. The van der Waals surface area contributed by atoms with Crippen LogP contribution in [0.1, 0.15) is 10.4 Å². The average Bonchev–Trinajstić information content (AvgIpc) is 2.39. The van der Waals surface area contributed by atoms with Crippen molar-refractivity contribution in [2.45, 2.75) is 0 Å². The van der Waals surface area contributed by atoms with Gasteiger partial charge >= 0.3 is 0 Å². The normalized spacial score (nSPS) is 10.1. The molecule has 3 N–H and O–H groups in total. The summed E-state index contributed by atoms with van der Waals surface area (Å²) in [6.45, 7) is 0. The van der Waals surface area contributed by atoms with E-state index in [1.54, 1.807) is 12.1 Å². The number of nitrogens with one attached hydrogen (secondary N) is 1. The second kappa shape index (κ2) is 5.52. The van der Waals surface area contributed by atoms with Crippen LogP contribution < -0.4 is 10.2 Å². The second-order valence-electron chi connectivity index (χ2n) is 4.60. The molecule has 5 nitrogen and oxygen atoms in total. The molecular weight excluding hydrogens is 256 g/mol. The van der Waals surface area contributed by atoms with Crippen LogP contribution in [0, 0.1) is 0 Å². The van der Waals surface area contributed by atoms with Crippen molar-refractivity contribution in [2.75, 3.05) is 24.3 Å². The summed E-state index contributed by atoms with van der Waals surface area (Å²) in [5.41, 5.74) is 1.77. The van der Waals surface area contributed by atoms with Crippen molar-refractivity contribution < 1.29 is 15.0 Å². The Morgan fingerprint density at radius 2 is 1.70 bits per heavy atom. The Morgan fingerprint density at radius 3 is 2.25 bits per heavy atom. The third-order valence-electron chi connectivity index (χ3n) is 2.87. The first-order chi connectivity index (χ1) is 9.47. The predicted octanol–water partition coefficient (Wildman–Crippen LogP) is 2.42. The monoisotopic (exact) mass is 272 g/mol. The SMILES string of the molecule is CN(C)c1ccc(NC(=O)c2ccc(O)cc2O)cc1. The third-order valence-corrected chi connectivity index (χ3v) is 2.87. The highest BCUT2D eigenvalue weighted by atomic mass is 16.3. The van der Waals surface area contributed by atoms with Crippen LogP contribution in [-0.4, -0.2) is 30.2 Å². The summed E-state index contributed by atoms with van der Waals surface area (Å²) in [5.74, 6) is -0.776. The van der Waals surface area contributed by atoms with E-state index in [1.165, 1.54) is 12.1 Å². The number of nitrogens with zero attached hydrogens (tertiary/aromatic N) is 1. The van der Waals surface area contributed by atoms with E-state index < -0.39 is 5.91 Å². The van der Waals surface area contributed by atoms with Crippen molar-refractivity contribution in [1.82, 2.24) is 0 Å². The van der Waals surface area contributed by atoms with Crippen LogP contribution in [-0.2, 0) is 0 Å². The zero-order valence-corrected chi connectivity index (χ0v) is 11.3. The number of hydrogen-bond donors (Lipinski definition) is 3. The predicted molar refractivity (Wildman–Crippen MR) is 78.5 cm³/mol. The van der Waals surface area contributed by atoms with E-state index in [0.29, 0.717) is 5.69 Å². The molecule has 0 unspecified atom stereocenters. The zero-order valence-electron chi connectivity index (χ0n) is 11.3. The number of amides is 1. The molecule has 0 saturated carbocycles. The molecule has 0 aliphatic heterocycles. The smallest absolute Gasteiger partial charge is 0.259 e. The van der Waals surface area contributed by atoms with Gasteiger partial charge in [0.2, 0.25) is 0 Å². The Bertz CT molecular complexity index is 622. The first-order valence-corrected chi connectivity index (χ1v) is 6.08. The quantitative estimate of drug-likeness (QED) is 0.802. The second-order valence-corrected chi connectivity index (χ2v) is 4.60. The number of carbonyl (C=O) groups is 1. The fourth-order valence-corrected chi connectivity index (χ4v) is 1.75. The van der Waals surface area contributed by atoms with Crippen LogP contribution in [0.4, 0.5) is 11.4 Å². The highest BCUT2D eigenvalue weighted by molar-refractivity contribution is 6.06. The van der Waals surface area contributed by atoms with Crippen molar-refractivity contribution in [3.8, 4) is 11.5 Å². The molecule has 0 fully saturated rings. The number of hydrogen-bond acceptors (Lipinski definition) is 4. The highest BCUT2D eigenvalue weighted by Crippen LogP contribution is 2.24. The van der Waals surface area contributed by atoms with E-state index in [0.717, 1.165) is 11.8 Å². The Hall–Kier alpha value is -2.69. The van der Waals surface area contributed by atoms with Crippen molar-refractivity contribution in [3.63, 3.8) is 0 Å². The van der Waals surface area contributed by atoms with E-state index in [1.807, 2.05) is 31.1 Å². The van der Waals surface area contributed by atoms with Crippen LogP contribution in [0.3, 0.4) is 0 Å². The van der Waals surface area contributed by atoms with Gasteiger partial charge in [-0.3, -0.25) is 4.79 Å². The van der Waals surface area contributed by atoms with Gasteiger partial charge in [-0.1, -0.05) is 0 Å². The maximum Gasteiger partial charge on any atom is 0.259 e. The van der Waals surface area contributed by atoms with Gasteiger partial charge in [0.15, 0.2) is 0 Å². The molecule has 0 aliphatic carbocycles. The number of aromatic hydroxyl groups is 2. The lowest BCUT2D eigenvalue weighted by molar-refractivity contribution is 0.102. The van der Waals surface area contributed by atoms with Gasteiger partial charge in [0, 0.05) is 31.5 Å². The Kier molecular flexibility index (Phi) is 3.79. The summed E-state index contributed by atoms with van der Waals surface area (Å²) in [4.78, 5) is 14.0. The van der Waals surface area contributed by atoms with Gasteiger partial charge in [-0.2, -0.15) is 0 Å². The Morgan fingerprint density at radius 1 is 1.05 bits per heavy atom. The van der Waals surface area contributed by atoms with Gasteiger partial charge in [0.25, 0.3) is 5.91 Å². The summed E-state index contributed by atoms with van der Waals surface area (Å²) in [5, 5.41) is 21.5. The van der Waals surface area contributed by atoms with Crippen molar-refractivity contribution >= 4 is 17.3 Å². The lowest BCUT2D eigenvalue weighted by Crippen LogP contribution is -2.12. The summed E-state index contributed by atoms with van der Waals surface area (Å²) in [6.07, 6.45) is 0. The topological polar surface area (TPSA) is 72.8 Å². The highest BCUT2D eigenvalue weighted by Gasteiger charge is 2.11. The molecule has 2 rings (SSSR count). The molecule has 2 aromatic rings. The summed E-state index contributed by atoms with van der Waals surface area (Å²) in [6, 6.07) is 11.2.